The van der Waals surface area contributed by atoms with E-state index in [4.69, 9.17) is 23.1 Å². The van der Waals surface area contributed by atoms with Gasteiger partial charge >= 0.3 is 0 Å². The van der Waals surface area contributed by atoms with Gasteiger partial charge in [0.2, 0.25) is 0 Å². The van der Waals surface area contributed by atoms with Gasteiger partial charge < -0.3 is 11.5 Å². The first-order valence-electron chi connectivity index (χ1n) is 7.92. The summed E-state index contributed by atoms with van der Waals surface area (Å²) < 4.78 is 26.0. The van der Waals surface area contributed by atoms with E-state index in [0.29, 0.717) is 5.02 Å². The molecule has 0 aliphatic heterocycles. The normalized spacial score (nSPS) is 26.3. The van der Waals surface area contributed by atoms with Gasteiger partial charge in [-0.05, 0) is 41.8 Å². The Morgan fingerprint density at radius 1 is 1.08 bits per heavy atom. The van der Waals surface area contributed by atoms with Crippen LogP contribution in [0.4, 0.5) is 0 Å². The lowest BCUT2D eigenvalue weighted by molar-refractivity contribution is 0.586. The quantitative estimate of drug-likeness (QED) is 0.853. The third-order valence-corrected chi connectivity index (χ3v) is 7.44. The molecule has 2 aromatic rings. The average molecular weight is 365 g/mol. The van der Waals surface area contributed by atoms with Crippen LogP contribution in [0.3, 0.4) is 0 Å². The minimum absolute atomic E-state index is 0.116. The van der Waals surface area contributed by atoms with Crippen LogP contribution in [0.25, 0.3) is 0 Å². The van der Waals surface area contributed by atoms with Crippen molar-refractivity contribution in [1.29, 1.82) is 0 Å². The van der Waals surface area contributed by atoms with Gasteiger partial charge in [0.15, 0.2) is 9.84 Å². The van der Waals surface area contributed by atoms with Crippen LogP contribution in [0.15, 0.2) is 53.4 Å². The van der Waals surface area contributed by atoms with Crippen LogP contribution < -0.4 is 11.5 Å². The molecule has 4 nitrogen and oxygen atoms in total. The second kappa shape index (κ2) is 6.15. The van der Waals surface area contributed by atoms with E-state index in [9.17, 15) is 8.42 Å². The topological polar surface area (TPSA) is 86.2 Å². The molecule has 1 fully saturated rings. The highest BCUT2D eigenvalue weighted by molar-refractivity contribution is 7.92. The highest BCUT2D eigenvalue weighted by Crippen LogP contribution is 2.55. The molecule has 1 aliphatic carbocycles. The average Bonchev–Trinajstić information content (AvgIpc) is 3.23. The van der Waals surface area contributed by atoms with Gasteiger partial charge in [-0.2, -0.15) is 0 Å². The fraction of sp³-hybridized carbons (Fsp3) is 0.333. The molecule has 0 bridgehead atoms. The Bertz CT molecular complexity index is 834. The largest absolute Gasteiger partial charge is 0.329 e. The third kappa shape index (κ3) is 2.75. The van der Waals surface area contributed by atoms with E-state index in [-0.39, 0.29) is 17.4 Å². The van der Waals surface area contributed by atoms with E-state index in [1.807, 2.05) is 24.3 Å². The number of nitrogens with two attached hydrogens (primary N) is 2. The van der Waals surface area contributed by atoms with Gasteiger partial charge in [0.05, 0.1) is 15.7 Å². The second-order valence-electron chi connectivity index (χ2n) is 6.31. The minimum Gasteiger partial charge on any atom is -0.329 e. The SMILES string of the molecule is CCc1ccc([C@H]2[C@H](S(=O)(=O)c3ccc(Cl)cc3)[C@@]2(N)CN)cc1. The first kappa shape index (κ1) is 17.4. The first-order valence-corrected chi connectivity index (χ1v) is 9.84. The van der Waals surface area contributed by atoms with Crippen LogP contribution >= 0.6 is 11.6 Å². The van der Waals surface area contributed by atoms with Gasteiger partial charge in [0, 0.05) is 17.5 Å². The Balaban J connectivity index is 1.98. The lowest BCUT2D eigenvalue weighted by atomic mass is 10.0. The molecule has 1 aliphatic rings. The smallest absolute Gasteiger partial charge is 0.183 e. The van der Waals surface area contributed by atoms with Crippen LogP contribution in [-0.4, -0.2) is 25.8 Å². The van der Waals surface area contributed by atoms with Crippen molar-refractivity contribution in [2.45, 2.75) is 34.9 Å². The molecular weight excluding hydrogens is 344 g/mol. The van der Waals surface area contributed by atoms with E-state index in [2.05, 4.69) is 6.92 Å². The molecule has 4 N–H and O–H groups in total. The number of benzene rings is 2. The van der Waals surface area contributed by atoms with Crippen molar-refractivity contribution in [2.75, 3.05) is 6.54 Å². The third-order valence-electron chi connectivity index (χ3n) is 4.88. The maximum absolute atomic E-state index is 13.0. The Hall–Kier alpha value is -1.40. The van der Waals surface area contributed by atoms with Crippen LogP contribution in [0.2, 0.25) is 5.02 Å². The summed E-state index contributed by atoms with van der Waals surface area (Å²) in [4.78, 5) is 0.229. The molecule has 0 amide bonds. The molecule has 2 aromatic carbocycles. The number of rotatable bonds is 5. The van der Waals surface area contributed by atoms with E-state index in [0.717, 1.165) is 12.0 Å². The van der Waals surface area contributed by atoms with Crippen molar-refractivity contribution in [2.24, 2.45) is 11.5 Å². The summed E-state index contributed by atoms with van der Waals surface area (Å²) in [5, 5.41) is -0.224. The van der Waals surface area contributed by atoms with Gasteiger partial charge in [-0.1, -0.05) is 42.8 Å². The van der Waals surface area contributed by atoms with Gasteiger partial charge in [0.1, 0.15) is 0 Å². The summed E-state index contributed by atoms with van der Waals surface area (Å²) in [6.45, 7) is 2.19. The van der Waals surface area contributed by atoms with Crippen molar-refractivity contribution < 1.29 is 8.42 Å². The van der Waals surface area contributed by atoms with Crippen molar-refractivity contribution in [1.82, 2.24) is 0 Å². The Labute approximate surface area is 147 Å². The highest BCUT2D eigenvalue weighted by Gasteiger charge is 2.68. The molecule has 0 aromatic heterocycles. The monoisotopic (exact) mass is 364 g/mol. The summed E-state index contributed by atoms with van der Waals surface area (Å²) >= 11 is 5.85. The molecule has 6 heteroatoms. The van der Waals surface area contributed by atoms with E-state index < -0.39 is 20.6 Å². The van der Waals surface area contributed by atoms with E-state index in [1.54, 1.807) is 12.1 Å². The van der Waals surface area contributed by atoms with Gasteiger partial charge in [0.25, 0.3) is 0 Å². The van der Waals surface area contributed by atoms with Crippen molar-refractivity contribution >= 4 is 21.4 Å². The summed E-state index contributed by atoms with van der Waals surface area (Å²) in [6, 6.07) is 14.1. The zero-order chi connectivity index (χ0) is 17.5. The Morgan fingerprint density at radius 2 is 1.67 bits per heavy atom. The molecule has 128 valence electrons. The van der Waals surface area contributed by atoms with Crippen LogP contribution in [-0.2, 0) is 16.3 Å². The molecule has 0 unspecified atom stereocenters. The van der Waals surface area contributed by atoms with Crippen LogP contribution in [0, 0.1) is 0 Å². The maximum Gasteiger partial charge on any atom is 0.183 e. The summed E-state index contributed by atoms with van der Waals surface area (Å²) in [6.07, 6.45) is 0.933. The van der Waals surface area contributed by atoms with Gasteiger partial charge in [-0.3, -0.25) is 0 Å². The van der Waals surface area contributed by atoms with Crippen molar-refractivity contribution in [3.8, 4) is 0 Å². The second-order valence-corrected chi connectivity index (χ2v) is 8.81. The maximum atomic E-state index is 13.0. The molecule has 0 heterocycles. The van der Waals surface area contributed by atoms with Gasteiger partial charge in [-0.15, -0.1) is 0 Å². The molecule has 1 saturated carbocycles. The highest BCUT2D eigenvalue weighted by atomic mass is 35.5. The Morgan fingerprint density at radius 3 is 2.17 bits per heavy atom. The zero-order valence-electron chi connectivity index (χ0n) is 13.4. The summed E-state index contributed by atoms with van der Waals surface area (Å²) in [5.74, 6) is -0.297. The molecule has 24 heavy (non-hydrogen) atoms. The standard InChI is InChI=1S/C18H21ClN2O2S/c1-2-12-3-5-13(6-4-12)16-17(18(16,21)11-20)24(22,23)15-9-7-14(19)8-10-15/h3-10,16-17H,2,11,20-21H2,1H3/t16-,17-,18+/m0/s1. The number of halogens is 1. The fourth-order valence-corrected chi connectivity index (χ4v) is 5.80. The molecule has 0 saturated heterocycles. The number of aryl methyl sites for hydroxylation is 1. The molecule has 3 atom stereocenters. The number of hydrogen-bond acceptors (Lipinski definition) is 4. The summed E-state index contributed by atoms with van der Waals surface area (Å²) in [7, 11) is -3.58. The molecule has 0 radical (unpaired) electrons. The van der Waals surface area contributed by atoms with Gasteiger partial charge in [-0.25, -0.2) is 8.42 Å². The predicted octanol–water partition coefficient (Wildman–Crippen LogP) is 2.50. The van der Waals surface area contributed by atoms with E-state index >= 15 is 0 Å². The first-order chi connectivity index (χ1) is 11.3. The molecular formula is C18H21ClN2O2S. The summed E-state index contributed by atoms with van der Waals surface area (Å²) in [5.41, 5.74) is 13.4. The van der Waals surface area contributed by atoms with E-state index in [1.165, 1.54) is 17.7 Å². The fourth-order valence-electron chi connectivity index (χ4n) is 3.35. The number of sulfone groups is 1. The predicted molar refractivity (Wildman–Crippen MR) is 97.0 cm³/mol. The molecule has 0 spiro atoms. The zero-order valence-corrected chi connectivity index (χ0v) is 15.0. The van der Waals surface area contributed by atoms with Crippen molar-refractivity contribution in [3.05, 3.63) is 64.7 Å². The minimum atomic E-state index is -3.58. The molecule has 3 rings (SSSR count). The van der Waals surface area contributed by atoms with Crippen molar-refractivity contribution in [3.63, 3.8) is 0 Å². The van der Waals surface area contributed by atoms with Crippen LogP contribution in [0.1, 0.15) is 24.0 Å². The Kier molecular flexibility index (Phi) is 4.47. The number of hydrogen-bond donors (Lipinski definition) is 2. The lowest BCUT2D eigenvalue weighted by Crippen LogP contribution is -2.39. The lowest BCUT2D eigenvalue weighted by Gasteiger charge is -2.09. The van der Waals surface area contributed by atoms with Crippen LogP contribution in [0.5, 0.6) is 0 Å².